The molecule has 0 heterocycles. The normalized spacial score (nSPS) is 10.8. The van der Waals surface area contributed by atoms with Crippen LogP contribution in [-0.2, 0) is 5.11 Å². The lowest BCUT2D eigenvalue weighted by Crippen LogP contribution is -1.77. The molecule has 0 spiro atoms. The maximum Gasteiger partial charge on any atom is 0.0822 e. The van der Waals surface area contributed by atoms with E-state index in [1.807, 2.05) is 6.08 Å². The molecule has 0 saturated heterocycles. The standard InChI is InChI=1S/C6H10ClO/c7-5-3-1-2-4-6-8/h3,5H,1-2,4,6H2. The summed E-state index contributed by atoms with van der Waals surface area (Å²) in [5, 5.41) is 9.84. The van der Waals surface area contributed by atoms with Crippen molar-refractivity contribution >= 4 is 11.6 Å². The second-order valence-electron chi connectivity index (χ2n) is 1.56. The largest absolute Gasteiger partial charge is 0.237 e. The molecule has 0 amide bonds. The number of hydrogen-bond donors (Lipinski definition) is 0. The quantitative estimate of drug-likeness (QED) is 0.525. The summed E-state index contributed by atoms with van der Waals surface area (Å²) in [6.45, 7) is 0.0378. The van der Waals surface area contributed by atoms with E-state index >= 15 is 0 Å². The first kappa shape index (κ1) is 7.99. The smallest absolute Gasteiger partial charge is 0.0822 e. The highest BCUT2D eigenvalue weighted by Crippen LogP contribution is 1.95. The van der Waals surface area contributed by atoms with Crippen LogP contribution in [0.2, 0.25) is 0 Å². The summed E-state index contributed by atoms with van der Waals surface area (Å²) < 4.78 is 0. The van der Waals surface area contributed by atoms with Gasteiger partial charge < -0.3 is 0 Å². The molecule has 0 rings (SSSR count). The van der Waals surface area contributed by atoms with Gasteiger partial charge in [-0.15, -0.1) is 0 Å². The first-order valence-corrected chi connectivity index (χ1v) is 3.18. The molecule has 0 bridgehead atoms. The second kappa shape index (κ2) is 6.99. The number of halogens is 1. The van der Waals surface area contributed by atoms with Crippen LogP contribution in [0.25, 0.3) is 0 Å². The van der Waals surface area contributed by atoms with Gasteiger partial charge in [0.1, 0.15) is 0 Å². The van der Waals surface area contributed by atoms with Gasteiger partial charge in [-0.3, -0.25) is 0 Å². The molecule has 0 aromatic heterocycles. The summed E-state index contributed by atoms with van der Waals surface area (Å²) >= 11 is 5.22. The highest BCUT2D eigenvalue weighted by Gasteiger charge is 1.81. The van der Waals surface area contributed by atoms with E-state index in [9.17, 15) is 5.11 Å². The van der Waals surface area contributed by atoms with Gasteiger partial charge in [-0.25, -0.2) is 5.11 Å². The van der Waals surface area contributed by atoms with Crippen LogP contribution >= 0.6 is 11.6 Å². The van der Waals surface area contributed by atoms with Gasteiger partial charge in [0.25, 0.3) is 0 Å². The van der Waals surface area contributed by atoms with E-state index in [0.717, 1.165) is 19.3 Å². The predicted octanol–water partition coefficient (Wildman–Crippen LogP) is 2.34. The molecule has 0 aromatic rings. The zero-order valence-electron chi connectivity index (χ0n) is 4.77. The summed E-state index contributed by atoms with van der Waals surface area (Å²) in [7, 11) is 0. The lowest BCUT2D eigenvalue weighted by Gasteiger charge is -1.86. The number of hydrogen-bond acceptors (Lipinski definition) is 0. The van der Waals surface area contributed by atoms with Gasteiger partial charge in [-0.1, -0.05) is 17.7 Å². The molecular weight excluding hydrogens is 124 g/mol. The summed E-state index contributed by atoms with van der Waals surface area (Å²) in [5.41, 5.74) is 1.49. The number of allylic oxidation sites excluding steroid dienone is 1. The maximum absolute atomic E-state index is 9.84. The first-order chi connectivity index (χ1) is 3.91. The van der Waals surface area contributed by atoms with Crippen molar-refractivity contribution < 1.29 is 5.11 Å². The lowest BCUT2D eigenvalue weighted by atomic mass is 10.2. The van der Waals surface area contributed by atoms with Crippen LogP contribution < -0.4 is 0 Å². The Hall–Kier alpha value is -0.0100. The van der Waals surface area contributed by atoms with Crippen molar-refractivity contribution in [3.8, 4) is 0 Å². The molecule has 47 valence electrons. The third kappa shape index (κ3) is 5.99. The summed E-state index contributed by atoms with van der Waals surface area (Å²) in [6.07, 6.45) is 4.52. The van der Waals surface area contributed by atoms with Gasteiger partial charge in [-0.05, 0) is 19.3 Å². The fourth-order valence-corrected chi connectivity index (χ4v) is 0.553. The van der Waals surface area contributed by atoms with Crippen molar-refractivity contribution in [2.24, 2.45) is 0 Å². The zero-order valence-corrected chi connectivity index (χ0v) is 5.53. The molecule has 0 saturated carbocycles. The monoisotopic (exact) mass is 133 g/mol. The number of unbranched alkanes of at least 4 members (excludes halogenated alkanes) is 2. The van der Waals surface area contributed by atoms with Crippen molar-refractivity contribution in [3.63, 3.8) is 0 Å². The molecule has 0 aromatic carbocycles. The average molecular weight is 134 g/mol. The van der Waals surface area contributed by atoms with E-state index in [4.69, 9.17) is 11.6 Å². The van der Waals surface area contributed by atoms with Crippen LogP contribution in [0.4, 0.5) is 0 Å². The van der Waals surface area contributed by atoms with E-state index < -0.39 is 0 Å². The molecule has 0 atom stereocenters. The lowest BCUT2D eigenvalue weighted by molar-refractivity contribution is 0.187. The van der Waals surface area contributed by atoms with Crippen molar-refractivity contribution in [1.29, 1.82) is 0 Å². The SMILES string of the molecule is [O]CCCCC=CCl. The first-order valence-electron chi connectivity index (χ1n) is 2.75. The van der Waals surface area contributed by atoms with Gasteiger partial charge in [-0.2, -0.15) is 0 Å². The highest BCUT2D eigenvalue weighted by molar-refractivity contribution is 6.25. The fourth-order valence-electron chi connectivity index (χ4n) is 0.427. The molecule has 0 aliphatic rings. The Labute approximate surface area is 55.0 Å². The molecule has 0 fully saturated rings. The molecule has 1 radical (unpaired) electrons. The number of rotatable bonds is 4. The molecule has 0 N–H and O–H groups in total. The van der Waals surface area contributed by atoms with Crippen LogP contribution in [0.5, 0.6) is 0 Å². The van der Waals surface area contributed by atoms with Gasteiger partial charge in [0.05, 0.1) is 6.61 Å². The van der Waals surface area contributed by atoms with E-state index in [0.29, 0.717) is 0 Å². The van der Waals surface area contributed by atoms with E-state index in [2.05, 4.69) is 0 Å². The van der Waals surface area contributed by atoms with E-state index in [1.54, 1.807) is 0 Å². The minimum absolute atomic E-state index is 0.0378. The van der Waals surface area contributed by atoms with Gasteiger partial charge >= 0.3 is 0 Å². The highest BCUT2D eigenvalue weighted by atomic mass is 35.5. The molecule has 0 unspecified atom stereocenters. The topological polar surface area (TPSA) is 19.9 Å². The minimum atomic E-state index is 0.0378. The minimum Gasteiger partial charge on any atom is -0.237 e. The van der Waals surface area contributed by atoms with Crippen molar-refractivity contribution in [1.82, 2.24) is 0 Å². The van der Waals surface area contributed by atoms with Gasteiger partial charge in [0, 0.05) is 5.54 Å². The third-order valence-corrected chi connectivity index (χ3v) is 1.03. The van der Waals surface area contributed by atoms with Crippen LogP contribution in [-0.4, -0.2) is 6.61 Å². The Kier molecular flexibility index (Phi) is 6.98. The average Bonchev–Trinajstić information content (AvgIpc) is 1.81. The Morgan fingerprint density at radius 3 is 2.62 bits per heavy atom. The molecule has 1 nitrogen and oxygen atoms in total. The molecule has 2 heteroatoms. The van der Waals surface area contributed by atoms with E-state index in [-0.39, 0.29) is 6.61 Å². The van der Waals surface area contributed by atoms with Crippen molar-refractivity contribution in [2.75, 3.05) is 6.61 Å². The predicted molar refractivity (Wildman–Crippen MR) is 34.4 cm³/mol. The van der Waals surface area contributed by atoms with Gasteiger partial charge in [0.15, 0.2) is 0 Å². The van der Waals surface area contributed by atoms with Crippen LogP contribution in [0.1, 0.15) is 19.3 Å². The summed E-state index contributed by atoms with van der Waals surface area (Å²) in [5.74, 6) is 0. The summed E-state index contributed by atoms with van der Waals surface area (Å²) in [4.78, 5) is 0. The molecule has 0 aliphatic carbocycles. The maximum atomic E-state index is 9.84. The molecular formula is C6H10ClO. The fraction of sp³-hybridized carbons (Fsp3) is 0.667. The van der Waals surface area contributed by atoms with Crippen LogP contribution in [0.3, 0.4) is 0 Å². The van der Waals surface area contributed by atoms with Crippen LogP contribution in [0, 0.1) is 0 Å². The van der Waals surface area contributed by atoms with Crippen LogP contribution in [0.15, 0.2) is 11.6 Å². The summed E-state index contributed by atoms with van der Waals surface area (Å²) in [6, 6.07) is 0. The second-order valence-corrected chi connectivity index (χ2v) is 1.81. The third-order valence-electron chi connectivity index (χ3n) is 0.854. The van der Waals surface area contributed by atoms with E-state index in [1.165, 1.54) is 5.54 Å². The van der Waals surface area contributed by atoms with Gasteiger partial charge in [0.2, 0.25) is 0 Å². The zero-order chi connectivity index (χ0) is 6.24. The van der Waals surface area contributed by atoms with Crippen molar-refractivity contribution in [3.05, 3.63) is 11.6 Å². The van der Waals surface area contributed by atoms with Crippen molar-refractivity contribution in [2.45, 2.75) is 19.3 Å². The Morgan fingerprint density at radius 1 is 1.38 bits per heavy atom. The Bertz CT molecular complexity index is 61.5. The Balaban J connectivity index is 2.72. The molecule has 8 heavy (non-hydrogen) atoms. The molecule has 0 aliphatic heterocycles. The Morgan fingerprint density at radius 2 is 2.12 bits per heavy atom.